The number of hydrogen-bond donors (Lipinski definition) is 2. The van der Waals surface area contributed by atoms with Gasteiger partial charge in [-0.15, -0.1) is 10.2 Å². The molecule has 0 saturated heterocycles. The number of ether oxygens (including phenoxy) is 1. The van der Waals surface area contributed by atoms with Crippen LogP contribution in [0.5, 0.6) is 5.75 Å². The zero-order valence-electron chi connectivity index (χ0n) is 12.3. The van der Waals surface area contributed by atoms with Gasteiger partial charge in [0, 0.05) is 12.6 Å². The largest absolute Gasteiger partial charge is 0.484 e. The van der Waals surface area contributed by atoms with Crippen LogP contribution in [-0.4, -0.2) is 33.2 Å². The molecule has 0 aliphatic carbocycles. The van der Waals surface area contributed by atoms with Crippen molar-refractivity contribution >= 4 is 11.8 Å². The first-order valence-corrected chi connectivity index (χ1v) is 6.63. The molecule has 0 bridgehead atoms. The summed E-state index contributed by atoms with van der Waals surface area (Å²) in [5.41, 5.74) is 5.46. The predicted molar refractivity (Wildman–Crippen MR) is 78.0 cm³/mol. The molecular formula is C14H17N5O3. The average molecular weight is 303 g/mol. The summed E-state index contributed by atoms with van der Waals surface area (Å²) >= 11 is 0. The average Bonchev–Trinajstić information content (AvgIpc) is 2.91. The maximum atomic E-state index is 12.2. The van der Waals surface area contributed by atoms with Gasteiger partial charge in [-0.25, -0.2) is 0 Å². The van der Waals surface area contributed by atoms with Crippen LogP contribution in [0.15, 0.2) is 30.6 Å². The molecule has 116 valence electrons. The maximum absolute atomic E-state index is 12.2. The summed E-state index contributed by atoms with van der Waals surface area (Å²) in [6.45, 7) is 1.63. The van der Waals surface area contributed by atoms with Gasteiger partial charge < -0.3 is 20.4 Å². The van der Waals surface area contributed by atoms with E-state index >= 15 is 0 Å². The van der Waals surface area contributed by atoms with Gasteiger partial charge in [0.05, 0.1) is 6.04 Å². The third-order valence-corrected chi connectivity index (χ3v) is 2.98. The Morgan fingerprint density at radius 2 is 2.05 bits per heavy atom. The van der Waals surface area contributed by atoms with Gasteiger partial charge >= 0.3 is 0 Å². The van der Waals surface area contributed by atoms with E-state index in [0.717, 1.165) is 0 Å². The quantitative estimate of drug-likeness (QED) is 0.790. The highest BCUT2D eigenvalue weighted by Gasteiger charge is 2.15. The second-order valence-corrected chi connectivity index (χ2v) is 4.77. The summed E-state index contributed by atoms with van der Waals surface area (Å²) < 4.78 is 6.87. The molecule has 1 heterocycles. The standard InChI is InChI=1S/C14H17N5O3/c1-9(13-18-16-8-19(13)2)17-14(21)10-3-5-11(6-4-10)22-7-12(15)20/h3-6,8-9H,7H2,1-2H3,(H2,15,20)(H,17,21). The Bertz CT molecular complexity index is 665. The predicted octanol–water partition coefficient (Wildman–Crippen LogP) is 0.170. The number of rotatable bonds is 6. The zero-order valence-corrected chi connectivity index (χ0v) is 12.3. The first-order chi connectivity index (χ1) is 10.5. The molecule has 8 nitrogen and oxygen atoms in total. The van der Waals surface area contributed by atoms with Crippen LogP contribution in [0.3, 0.4) is 0 Å². The van der Waals surface area contributed by atoms with Crippen molar-refractivity contribution in [1.29, 1.82) is 0 Å². The molecule has 22 heavy (non-hydrogen) atoms. The lowest BCUT2D eigenvalue weighted by molar-refractivity contribution is -0.119. The van der Waals surface area contributed by atoms with Crippen molar-refractivity contribution in [3.05, 3.63) is 42.0 Å². The van der Waals surface area contributed by atoms with E-state index in [1.165, 1.54) is 0 Å². The molecule has 2 aromatic rings. The molecule has 1 aromatic heterocycles. The molecule has 0 fully saturated rings. The summed E-state index contributed by atoms with van der Waals surface area (Å²) in [7, 11) is 1.81. The Balaban J connectivity index is 1.98. The molecule has 3 N–H and O–H groups in total. The molecule has 0 saturated carbocycles. The number of aryl methyl sites for hydroxylation is 1. The maximum Gasteiger partial charge on any atom is 0.255 e. The van der Waals surface area contributed by atoms with Gasteiger partial charge in [-0.1, -0.05) is 0 Å². The number of aromatic nitrogens is 3. The van der Waals surface area contributed by atoms with Gasteiger partial charge in [0.2, 0.25) is 0 Å². The van der Waals surface area contributed by atoms with Crippen LogP contribution in [0.2, 0.25) is 0 Å². The van der Waals surface area contributed by atoms with Crippen LogP contribution in [0.25, 0.3) is 0 Å². The summed E-state index contributed by atoms with van der Waals surface area (Å²) in [4.78, 5) is 22.8. The number of primary amides is 1. The first kappa shape index (κ1) is 15.5. The topological polar surface area (TPSA) is 112 Å². The molecule has 1 aromatic carbocycles. The van der Waals surface area contributed by atoms with E-state index in [1.54, 1.807) is 35.2 Å². The van der Waals surface area contributed by atoms with Crippen molar-refractivity contribution < 1.29 is 14.3 Å². The van der Waals surface area contributed by atoms with Gasteiger partial charge in [0.1, 0.15) is 12.1 Å². The van der Waals surface area contributed by atoms with E-state index in [4.69, 9.17) is 10.5 Å². The number of carbonyl (C=O) groups excluding carboxylic acids is 2. The third kappa shape index (κ3) is 3.81. The minimum atomic E-state index is -0.556. The first-order valence-electron chi connectivity index (χ1n) is 6.63. The van der Waals surface area contributed by atoms with E-state index in [-0.39, 0.29) is 18.6 Å². The summed E-state index contributed by atoms with van der Waals surface area (Å²) in [6.07, 6.45) is 1.57. The van der Waals surface area contributed by atoms with E-state index in [0.29, 0.717) is 17.1 Å². The Kier molecular flexibility index (Phi) is 4.72. The SMILES string of the molecule is CC(NC(=O)c1ccc(OCC(N)=O)cc1)c1nncn1C. The number of amides is 2. The Morgan fingerprint density at radius 3 is 2.59 bits per heavy atom. The minimum absolute atomic E-state index is 0.200. The number of carbonyl (C=O) groups is 2. The number of benzene rings is 1. The normalized spacial score (nSPS) is 11.7. The van der Waals surface area contributed by atoms with Crippen LogP contribution in [0.4, 0.5) is 0 Å². The van der Waals surface area contributed by atoms with Crippen LogP contribution in [-0.2, 0) is 11.8 Å². The fraction of sp³-hybridized carbons (Fsp3) is 0.286. The monoisotopic (exact) mass is 303 g/mol. The summed E-state index contributed by atoms with van der Waals surface area (Å²) in [6, 6.07) is 6.14. The smallest absolute Gasteiger partial charge is 0.255 e. The molecule has 0 spiro atoms. The fourth-order valence-electron chi connectivity index (χ4n) is 1.89. The van der Waals surface area contributed by atoms with Gasteiger partial charge in [-0.2, -0.15) is 0 Å². The van der Waals surface area contributed by atoms with E-state index in [9.17, 15) is 9.59 Å². The van der Waals surface area contributed by atoms with Crippen molar-refractivity contribution in [3.8, 4) is 5.75 Å². The molecule has 0 aliphatic rings. The molecule has 0 aliphatic heterocycles. The van der Waals surface area contributed by atoms with Gasteiger partial charge in [0.25, 0.3) is 11.8 Å². The number of nitrogens with zero attached hydrogens (tertiary/aromatic N) is 3. The van der Waals surface area contributed by atoms with Crippen LogP contribution in [0.1, 0.15) is 29.1 Å². The molecule has 2 amide bonds. The Hall–Kier alpha value is -2.90. The lowest BCUT2D eigenvalue weighted by atomic mass is 10.2. The highest BCUT2D eigenvalue weighted by molar-refractivity contribution is 5.94. The van der Waals surface area contributed by atoms with Crippen molar-refractivity contribution in [2.45, 2.75) is 13.0 Å². The molecular weight excluding hydrogens is 286 g/mol. The second-order valence-electron chi connectivity index (χ2n) is 4.77. The van der Waals surface area contributed by atoms with E-state index in [1.807, 2.05) is 14.0 Å². The van der Waals surface area contributed by atoms with Crippen molar-refractivity contribution in [3.63, 3.8) is 0 Å². The molecule has 2 rings (SSSR count). The third-order valence-electron chi connectivity index (χ3n) is 2.98. The van der Waals surface area contributed by atoms with Crippen LogP contribution >= 0.6 is 0 Å². The Morgan fingerprint density at radius 1 is 1.36 bits per heavy atom. The van der Waals surface area contributed by atoms with Crippen LogP contribution in [0, 0.1) is 0 Å². The minimum Gasteiger partial charge on any atom is -0.484 e. The van der Waals surface area contributed by atoms with Gasteiger partial charge in [-0.3, -0.25) is 9.59 Å². The summed E-state index contributed by atoms with van der Waals surface area (Å²) in [5, 5.41) is 10.6. The molecule has 0 radical (unpaired) electrons. The highest BCUT2D eigenvalue weighted by atomic mass is 16.5. The molecule has 1 atom stereocenters. The van der Waals surface area contributed by atoms with E-state index in [2.05, 4.69) is 15.5 Å². The van der Waals surface area contributed by atoms with Crippen molar-refractivity contribution in [1.82, 2.24) is 20.1 Å². The summed E-state index contributed by atoms with van der Waals surface area (Å²) in [5.74, 6) is 0.336. The zero-order chi connectivity index (χ0) is 16.1. The van der Waals surface area contributed by atoms with Crippen LogP contribution < -0.4 is 15.8 Å². The Labute approximate surface area is 127 Å². The van der Waals surface area contributed by atoms with Gasteiger partial charge in [-0.05, 0) is 31.2 Å². The number of hydrogen-bond acceptors (Lipinski definition) is 5. The van der Waals surface area contributed by atoms with E-state index < -0.39 is 5.91 Å². The number of nitrogens with two attached hydrogens (primary N) is 1. The van der Waals surface area contributed by atoms with Crippen molar-refractivity contribution in [2.75, 3.05) is 6.61 Å². The second kappa shape index (κ2) is 6.70. The molecule has 1 unspecified atom stereocenters. The number of nitrogens with one attached hydrogen (secondary N) is 1. The lowest BCUT2D eigenvalue weighted by Crippen LogP contribution is -2.28. The lowest BCUT2D eigenvalue weighted by Gasteiger charge is -2.13. The van der Waals surface area contributed by atoms with Crippen molar-refractivity contribution in [2.24, 2.45) is 12.8 Å². The molecule has 8 heteroatoms. The van der Waals surface area contributed by atoms with Gasteiger partial charge in [0.15, 0.2) is 12.4 Å². The fourth-order valence-corrected chi connectivity index (χ4v) is 1.89. The highest BCUT2D eigenvalue weighted by Crippen LogP contribution is 2.14.